The van der Waals surface area contributed by atoms with Crippen molar-refractivity contribution in [3.05, 3.63) is 11.1 Å². The Balaban J connectivity index is 1.35. The highest BCUT2D eigenvalue weighted by atomic mass is 32.1. The van der Waals surface area contributed by atoms with Crippen LogP contribution in [0.25, 0.3) is 0 Å². The normalized spacial score (nSPS) is 20.6. The van der Waals surface area contributed by atoms with Crippen LogP contribution in [0.2, 0.25) is 0 Å². The van der Waals surface area contributed by atoms with Crippen LogP contribution in [-0.4, -0.2) is 48.0 Å². The Hall–Kier alpha value is -0.980. The molecule has 116 valence electrons. The molecule has 0 bridgehead atoms. The summed E-state index contributed by atoms with van der Waals surface area (Å²) in [6, 6.07) is 0.645. The highest BCUT2D eigenvalue weighted by Crippen LogP contribution is 2.28. The average Bonchev–Trinajstić information content (AvgIpc) is 3.21. The summed E-state index contributed by atoms with van der Waals surface area (Å²) in [5, 5.41) is 9.20. The van der Waals surface area contributed by atoms with Gasteiger partial charge in [0.15, 0.2) is 5.13 Å². The van der Waals surface area contributed by atoms with Crippen LogP contribution in [0.3, 0.4) is 0 Å². The molecule has 2 fully saturated rings. The summed E-state index contributed by atoms with van der Waals surface area (Å²) in [7, 11) is 0. The number of hydrogen-bond acceptors (Lipinski definition) is 5. The monoisotopic (exact) mass is 308 g/mol. The zero-order valence-corrected chi connectivity index (χ0v) is 13.4. The van der Waals surface area contributed by atoms with E-state index in [0.29, 0.717) is 17.7 Å². The number of aryl methyl sites for hydroxylation is 1. The molecular formula is C15H24N4OS. The lowest BCUT2D eigenvalue weighted by atomic mass is 10.0. The van der Waals surface area contributed by atoms with E-state index < -0.39 is 0 Å². The smallest absolute Gasteiger partial charge is 0.240 e. The largest absolute Gasteiger partial charge is 0.314 e. The fourth-order valence-electron chi connectivity index (χ4n) is 2.72. The third kappa shape index (κ3) is 4.76. The van der Waals surface area contributed by atoms with E-state index in [1.54, 1.807) is 0 Å². The van der Waals surface area contributed by atoms with Gasteiger partial charge < -0.3 is 10.6 Å². The zero-order valence-electron chi connectivity index (χ0n) is 12.6. The van der Waals surface area contributed by atoms with Crippen molar-refractivity contribution in [2.75, 3.05) is 31.5 Å². The molecule has 0 atom stereocenters. The Morgan fingerprint density at radius 1 is 1.38 bits per heavy atom. The van der Waals surface area contributed by atoms with Gasteiger partial charge >= 0.3 is 0 Å². The Labute approximate surface area is 130 Å². The molecule has 1 aliphatic heterocycles. The van der Waals surface area contributed by atoms with Crippen LogP contribution in [0.5, 0.6) is 0 Å². The van der Waals surface area contributed by atoms with Crippen molar-refractivity contribution in [2.45, 2.75) is 38.6 Å². The van der Waals surface area contributed by atoms with Crippen LogP contribution in [0.1, 0.15) is 31.4 Å². The number of amides is 1. The van der Waals surface area contributed by atoms with Gasteiger partial charge in [-0.25, -0.2) is 4.98 Å². The molecule has 2 heterocycles. The van der Waals surface area contributed by atoms with Crippen molar-refractivity contribution in [2.24, 2.45) is 5.92 Å². The summed E-state index contributed by atoms with van der Waals surface area (Å²) in [5.74, 6) is 0.990. The van der Waals surface area contributed by atoms with Crippen LogP contribution in [0.15, 0.2) is 5.38 Å². The lowest BCUT2D eigenvalue weighted by Crippen LogP contribution is -2.45. The molecule has 1 aromatic rings. The van der Waals surface area contributed by atoms with Crippen molar-refractivity contribution in [1.82, 2.24) is 15.2 Å². The first-order valence-electron chi connectivity index (χ1n) is 7.87. The summed E-state index contributed by atoms with van der Waals surface area (Å²) >= 11 is 1.48. The summed E-state index contributed by atoms with van der Waals surface area (Å²) in [6.07, 6.45) is 5.11. The number of nitrogens with zero attached hydrogens (tertiary/aromatic N) is 2. The third-order valence-corrected chi connectivity index (χ3v) is 5.09. The lowest BCUT2D eigenvalue weighted by molar-refractivity contribution is -0.117. The number of nitrogens with one attached hydrogen (secondary N) is 2. The van der Waals surface area contributed by atoms with Gasteiger partial charge in [0.2, 0.25) is 5.91 Å². The Morgan fingerprint density at radius 2 is 2.14 bits per heavy atom. The number of anilines is 1. The van der Waals surface area contributed by atoms with E-state index in [0.717, 1.165) is 37.5 Å². The number of hydrogen-bond donors (Lipinski definition) is 2. The van der Waals surface area contributed by atoms with Crippen molar-refractivity contribution < 1.29 is 4.79 Å². The van der Waals surface area contributed by atoms with Gasteiger partial charge in [-0.1, -0.05) is 0 Å². The maximum absolute atomic E-state index is 12.0. The van der Waals surface area contributed by atoms with E-state index in [9.17, 15) is 4.79 Å². The second-order valence-electron chi connectivity index (χ2n) is 6.24. The number of piperidine rings is 1. The third-order valence-electron chi connectivity index (χ3n) is 4.21. The number of carbonyl (C=O) groups excluding carboxylic acids is 1. The molecule has 21 heavy (non-hydrogen) atoms. The predicted molar refractivity (Wildman–Crippen MR) is 85.7 cm³/mol. The van der Waals surface area contributed by atoms with Crippen LogP contribution in [-0.2, 0) is 4.79 Å². The fourth-order valence-corrected chi connectivity index (χ4v) is 3.43. The van der Waals surface area contributed by atoms with Crippen molar-refractivity contribution >= 4 is 22.4 Å². The molecule has 2 N–H and O–H groups in total. The van der Waals surface area contributed by atoms with Gasteiger partial charge in [-0.3, -0.25) is 9.69 Å². The predicted octanol–water partition coefficient (Wildman–Crippen LogP) is 1.85. The highest BCUT2D eigenvalue weighted by Gasteiger charge is 2.25. The number of likely N-dealkylation sites (tertiary alicyclic amines) is 1. The number of carbonyl (C=O) groups is 1. The molecule has 1 saturated heterocycles. The summed E-state index contributed by atoms with van der Waals surface area (Å²) < 4.78 is 0. The lowest BCUT2D eigenvalue weighted by Gasteiger charge is -2.31. The molecule has 0 radical (unpaired) electrons. The quantitative estimate of drug-likeness (QED) is 0.842. The van der Waals surface area contributed by atoms with Gasteiger partial charge in [-0.05, 0) is 45.1 Å². The van der Waals surface area contributed by atoms with Crippen LogP contribution in [0.4, 0.5) is 5.13 Å². The summed E-state index contributed by atoms with van der Waals surface area (Å²) in [5.41, 5.74) is 0.956. The maximum atomic E-state index is 12.0. The molecular weight excluding hydrogens is 284 g/mol. The maximum Gasteiger partial charge on any atom is 0.240 e. The number of aromatic nitrogens is 1. The Kier molecular flexibility index (Phi) is 4.87. The molecule has 0 spiro atoms. The minimum Gasteiger partial charge on any atom is -0.314 e. The summed E-state index contributed by atoms with van der Waals surface area (Å²) in [4.78, 5) is 18.5. The Morgan fingerprint density at radius 3 is 2.76 bits per heavy atom. The van der Waals surface area contributed by atoms with E-state index in [-0.39, 0.29) is 5.91 Å². The summed E-state index contributed by atoms with van der Waals surface area (Å²) in [6.45, 7) is 5.62. The van der Waals surface area contributed by atoms with Gasteiger partial charge in [0.25, 0.3) is 0 Å². The van der Waals surface area contributed by atoms with Gasteiger partial charge in [0, 0.05) is 24.5 Å². The van der Waals surface area contributed by atoms with Crippen molar-refractivity contribution in [3.8, 4) is 0 Å². The molecule has 1 amide bonds. The SMILES string of the molecule is Cc1csc(NC(=O)CN2CCC(NCC3CC3)CC2)n1. The molecule has 1 saturated carbocycles. The molecule has 5 nitrogen and oxygen atoms in total. The first kappa shape index (κ1) is 14.9. The molecule has 0 aromatic carbocycles. The van der Waals surface area contributed by atoms with Gasteiger partial charge in [0.05, 0.1) is 12.2 Å². The first-order valence-corrected chi connectivity index (χ1v) is 8.75. The molecule has 6 heteroatoms. The average molecular weight is 308 g/mol. The van der Waals surface area contributed by atoms with Crippen LogP contribution < -0.4 is 10.6 Å². The molecule has 2 aliphatic rings. The van der Waals surface area contributed by atoms with Gasteiger partial charge in [-0.15, -0.1) is 11.3 Å². The van der Waals surface area contributed by atoms with Crippen molar-refractivity contribution in [1.29, 1.82) is 0 Å². The molecule has 0 unspecified atom stereocenters. The molecule has 3 rings (SSSR count). The van der Waals surface area contributed by atoms with Gasteiger partial charge in [-0.2, -0.15) is 0 Å². The topological polar surface area (TPSA) is 57.3 Å². The highest BCUT2D eigenvalue weighted by molar-refractivity contribution is 7.13. The zero-order chi connectivity index (χ0) is 14.7. The Bertz CT molecular complexity index is 478. The molecule has 1 aliphatic carbocycles. The fraction of sp³-hybridized carbons (Fsp3) is 0.733. The molecule has 1 aromatic heterocycles. The van der Waals surface area contributed by atoms with E-state index in [4.69, 9.17) is 0 Å². The second kappa shape index (κ2) is 6.85. The number of thiazole rings is 1. The van der Waals surface area contributed by atoms with E-state index in [1.165, 1.54) is 30.7 Å². The van der Waals surface area contributed by atoms with Crippen LogP contribution in [0, 0.1) is 12.8 Å². The first-order chi connectivity index (χ1) is 10.2. The minimum absolute atomic E-state index is 0.0498. The minimum atomic E-state index is 0.0498. The van der Waals surface area contributed by atoms with E-state index in [2.05, 4.69) is 20.5 Å². The van der Waals surface area contributed by atoms with Crippen molar-refractivity contribution in [3.63, 3.8) is 0 Å². The number of rotatable bonds is 6. The standard InChI is InChI=1S/C15H24N4OS/c1-11-10-21-15(17-11)18-14(20)9-19-6-4-13(5-7-19)16-8-12-2-3-12/h10,12-13,16H,2-9H2,1H3,(H,17,18,20). The van der Waals surface area contributed by atoms with Crippen LogP contribution >= 0.6 is 11.3 Å². The second-order valence-corrected chi connectivity index (χ2v) is 7.10. The van der Waals surface area contributed by atoms with E-state index in [1.807, 2.05) is 12.3 Å². The van der Waals surface area contributed by atoms with E-state index >= 15 is 0 Å². The van der Waals surface area contributed by atoms with Gasteiger partial charge in [0.1, 0.15) is 0 Å².